The zero-order chi connectivity index (χ0) is 14.8. The van der Waals surface area contributed by atoms with Gasteiger partial charge in [-0.1, -0.05) is 6.07 Å². The van der Waals surface area contributed by atoms with Crippen molar-refractivity contribution in [2.45, 2.75) is 25.7 Å². The van der Waals surface area contributed by atoms with Crippen molar-refractivity contribution >= 4 is 17.6 Å². The second-order valence-corrected chi connectivity index (χ2v) is 4.12. The third-order valence-corrected chi connectivity index (χ3v) is 2.47. The Hall–Kier alpha value is -2.55. The maximum atomic E-state index is 11.6. The Bertz CT molecular complexity index is 508. The highest BCUT2D eigenvalue weighted by molar-refractivity contribution is 5.90. The minimum atomic E-state index is -0.854. The van der Waals surface area contributed by atoms with Crippen LogP contribution in [0.1, 0.15) is 25.7 Å². The summed E-state index contributed by atoms with van der Waals surface area (Å²) in [4.78, 5) is 22.0. The van der Waals surface area contributed by atoms with E-state index in [4.69, 9.17) is 15.1 Å². The van der Waals surface area contributed by atoms with Crippen molar-refractivity contribution in [1.82, 2.24) is 0 Å². The van der Waals surface area contributed by atoms with E-state index in [1.165, 1.54) is 0 Å². The number of ether oxygens (including phenoxy) is 1. The topological polar surface area (TPSA) is 99.4 Å². The lowest BCUT2D eigenvalue weighted by Gasteiger charge is -2.07. The van der Waals surface area contributed by atoms with E-state index in [1.54, 1.807) is 24.3 Å². The molecule has 0 aliphatic heterocycles. The Labute approximate surface area is 117 Å². The van der Waals surface area contributed by atoms with E-state index >= 15 is 0 Å². The first-order chi connectivity index (χ1) is 9.61. The highest BCUT2D eigenvalue weighted by Crippen LogP contribution is 2.17. The van der Waals surface area contributed by atoms with E-state index in [2.05, 4.69) is 5.32 Å². The molecule has 0 fully saturated rings. The summed E-state index contributed by atoms with van der Waals surface area (Å²) in [5.41, 5.74) is 0.587. The number of carboxylic acid groups (broad SMARTS) is 1. The standard InChI is InChI=1S/C14H16N2O4/c15-8-9-20-12-5-3-4-11(10-12)16-13(17)6-1-2-7-14(18)19/h3-5,10H,1-2,6-7,9H2,(H,16,17)(H,18,19). The minimum Gasteiger partial charge on any atom is -0.481 e. The van der Waals surface area contributed by atoms with Gasteiger partial charge in [-0.25, -0.2) is 0 Å². The average Bonchev–Trinajstić information content (AvgIpc) is 2.41. The molecule has 1 rings (SSSR count). The lowest BCUT2D eigenvalue weighted by molar-refractivity contribution is -0.137. The molecule has 0 saturated heterocycles. The fraction of sp³-hybridized carbons (Fsp3) is 0.357. The van der Waals surface area contributed by atoms with Gasteiger partial charge >= 0.3 is 5.97 Å². The summed E-state index contributed by atoms with van der Waals surface area (Å²) in [6.45, 7) is -0.0490. The van der Waals surface area contributed by atoms with Crippen molar-refractivity contribution in [3.8, 4) is 11.8 Å². The van der Waals surface area contributed by atoms with Crippen molar-refractivity contribution < 1.29 is 19.4 Å². The first kappa shape index (κ1) is 15.5. The zero-order valence-electron chi connectivity index (χ0n) is 11.0. The Morgan fingerprint density at radius 1 is 1.30 bits per heavy atom. The van der Waals surface area contributed by atoms with Crippen LogP contribution in [0, 0.1) is 11.3 Å². The molecule has 0 aliphatic rings. The van der Waals surface area contributed by atoms with Gasteiger partial charge in [0.1, 0.15) is 11.8 Å². The summed E-state index contributed by atoms with van der Waals surface area (Å²) < 4.78 is 5.12. The van der Waals surface area contributed by atoms with Crippen LogP contribution < -0.4 is 10.1 Å². The van der Waals surface area contributed by atoms with Crippen LogP contribution >= 0.6 is 0 Å². The van der Waals surface area contributed by atoms with Crippen LogP contribution in [-0.2, 0) is 9.59 Å². The van der Waals surface area contributed by atoms with Crippen LogP contribution in [0.4, 0.5) is 5.69 Å². The second-order valence-electron chi connectivity index (χ2n) is 4.12. The number of aliphatic carboxylic acids is 1. The van der Waals surface area contributed by atoms with E-state index in [1.807, 2.05) is 6.07 Å². The van der Waals surface area contributed by atoms with Gasteiger partial charge in [-0.3, -0.25) is 9.59 Å². The molecular formula is C14H16N2O4. The normalized spacial score (nSPS) is 9.55. The molecule has 0 unspecified atom stereocenters. The SMILES string of the molecule is N#CCOc1cccc(NC(=O)CCCCC(=O)O)c1. The molecule has 0 spiro atoms. The number of rotatable bonds is 8. The number of benzene rings is 1. The first-order valence-corrected chi connectivity index (χ1v) is 6.23. The van der Waals surface area contributed by atoms with Gasteiger partial charge in [0.2, 0.25) is 5.91 Å². The van der Waals surface area contributed by atoms with Crippen LogP contribution in [0.25, 0.3) is 0 Å². The summed E-state index contributed by atoms with van der Waals surface area (Å²) in [6, 6.07) is 8.62. The molecule has 0 saturated carbocycles. The molecule has 1 aromatic carbocycles. The number of carbonyl (C=O) groups excluding carboxylic acids is 1. The van der Waals surface area contributed by atoms with Crippen LogP contribution in [0.15, 0.2) is 24.3 Å². The molecule has 0 atom stereocenters. The maximum Gasteiger partial charge on any atom is 0.303 e. The van der Waals surface area contributed by atoms with E-state index in [9.17, 15) is 9.59 Å². The number of nitrogens with zero attached hydrogens (tertiary/aromatic N) is 1. The van der Waals surface area contributed by atoms with Crippen LogP contribution in [0.5, 0.6) is 5.75 Å². The van der Waals surface area contributed by atoms with Gasteiger partial charge in [0.15, 0.2) is 6.61 Å². The molecular weight excluding hydrogens is 260 g/mol. The van der Waals surface area contributed by atoms with Gasteiger partial charge in [0.25, 0.3) is 0 Å². The van der Waals surface area contributed by atoms with Gasteiger partial charge in [0.05, 0.1) is 0 Å². The summed E-state index contributed by atoms with van der Waals surface area (Å²) in [6.07, 6.45) is 1.36. The molecule has 6 nitrogen and oxygen atoms in total. The lowest BCUT2D eigenvalue weighted by atomic mass is 10.2. The molecule has 20 heavy (non-hydrogen) atoms. The van der Waals surface area contributed by atoms with E-state index in [0.29, 0.717) is 24.3 Å². The van der Waals surface area contributed by atoms with Crippen molar-refractivity contribution in [3.05, 3.63) is 24.3 Å². The first-order valence-electron chi connectivity index (χ1n) is 6.23. The number of unbranched alkanes of at least 4 members (excludes halogenated alkanes) is 1. The highest BCUT2D eigenvalue weighted by Gasteiger charge is 2.04. The van der Waals surface area contributed by atoms with E-state index < -0.39 is 5.97 Å². The second kappa shape index (κ2) is 8.53. The smallest absolute Gasteiger partial charge is 0.303 e. The van der Waals surface area contributed by atoms with Gasteiger partial charge < -0.3 is 15.2 Å². The number of anilines is 1. The molecule has 0 heterocycles. The summed E-state index contributed by atoms with van der Waals surface area (Å²) in [5, 5.41) is 19.6. The number of nitriles is 1. The number of carbonyl (C=O) groups is 2. The molecule has 6 heteroatoms. The van der Waals surface area contributed by atoms with Crippen LogP contribution in [0.3, 0.4) is 0 Å². The minimum absolute atomic E-state index is 0.0490. The predicted molar refractivity (Wildman–Crippen MR) is 72.3 cm³/mol. The molecule has 0 aliphatic carbocycles. The molecule has 2 N–H and O–H groups in total. The van der Waals surface area contributed by atoms with Gasteiger partial charge in [0, 0.05) is 24.6 Å². The largest absolute Gasteiger partial charge is 0.481 e. The Balaban J connectivity index is 2.37. The maximum absolute atomic E-state index is 11.6. The van der Waals surface area contributed by atoms with Gasteiger partial charge in [-0.05, 0) is 25.0 Å². The molecule has 0 aromatic heterocycles. The number of amides is 1. The van der Waals surface area contributed by atoms with Crippen LogP contribution in [0.2, 0.25) is 0 Å². The number of hydrogen-bond acceptors (Lipinski definition) is 4. The lowest BCUT2D eigenvalue weighted by Crippen LogP contribution is -2.11. The Morgan fingerprint density at radius 2 is 2.05 bits per heavy atom. The molecule has 1 aromatic rings. The summed E-state index contributed by atoms with van der Waals surface area (Å²) in [5.74, 6) is -0.518. The Kier molecular flexibility index (Phi) is 6.62. The predicted octanol–water partition coefficient (Wildman–Crippen LogP) is 2.17. The Morgan fingerprint density at radius 3 is 2.75 bits per heavy atom. The van der Waals surface area contributed by atoms with Crippen molar-refractivity contribution in [1.29, 1.82) is 5.26 Å². The average molecular weight is 276 g/mol. The third-order valence-electron chi connectivity index (χ3n) is 2.47. The molecule has 0 bridgehead atoms. The molecule has 106 valence electrons. The molecule has 1 amide bonds. The third kappa shape index (κ3) is 6.40. The van der Waals surface area contributed by atoms with Gasteiger partial charge in [-0.2, -0.15) is 5.26 Å². The van der Waals surface area contributed by atoms with Crippen molar-refractivity contribution in [3.63, 3.8) is 0 Å². The fourth-order valence-corrected chi connectivity index (χ4v) is 1.56. The van der Waals surface area contributed by atoms with Crippen molar-refractivity contribution in [2.24, 2.45) is 0 Å². The number of carboxylic acids is 1. The van der Waals surface area contributed by atoms with E-state index in [0.717, 1.165) is 0 Å². The monoisotopic (exact) mass is 276 g/mol. The summed E-state index contributed by atoms with van der Waals surface area (Å²) in [7, 11) is 0. The fourth-order valence-electron chi connectivity index (χ4n) is 1.56. The number of hydrogen-bond donors (Lipinski definition) is 2. The van der Waals surface area contributed by atoms with Crippen molar-refractivity contribution in [2.75, 3.05) is 11.9 Å². The van der Waals surface area contributed by atoms with Gasteiger partial charge in [-0.15, -0.1) is 0 Å². The summed E-state index contributed by atoms with van der Waals surface area (Å²) >= 11 is 0. The highest BCUT2D eigenvalue weighted by atomic mass is 16.5. The zero-order valence-corrected chi connectivity index (χ0v) is 11.0. The van der Waals surface area contributed by atoms with E-state index in [-0.39, 0.29) is 25.4 Å². The quantitative estimate of drug-likeness (QED) is 0.709. The molecule has 0 radical (unpaired) electrons. The number of nitrogens with one attached hydrogen (secondary N) is 1. The van der Waals surface area contributed by atoms with Crippen LogP contribution in [-0.4, -0.2) is 23.6 Å².